The molecule has 2 amide bonds. The minimum atomic E-state index is -0.404. The highest BCUT2D eigenvalue weighted by atomic mass is 19.1. The molecule has 1 aromatic carbocycles. The van der Waals surface area contributed by atoms with Crippen molar-refractivity contribution in [2.75, 3.05) is 25.5 Å². The standard InChI is InChI=1S/C22H31FN4O2/c1-13-7-8-19(23)18-10-20(25-21(13)18)22(29)24-15-5-4-6-16(9-15)27-11-17(12-27)26(3)14(2)28/h7-8,15-17,20,25H,4-6,9-12H2,1-3H3,(H,24,29)/t15-,16+,20?/m1/s1. The largest absolute Gasteiger partial charge is 0.373 e. The Bertz CT molecular complexity index is 777. The molecule has 7 heteroatoms. The molecule has 1 unspecified atom stereocenters. The van der Waals surface area contributed by atoms with Crippen LogP contribution in [0.5, 0.6) is 0 Å². The monoisotopic (exact) mass is 402 g/mol. The molecule has 0 aromatic heterocycles. The maximum absolute atomic E-state index is 14.1. The highest BCUT2D eigenvalue weighted by molar-refractivity contribution is 5.88. The lowest BCUT2D eigenvalue weighted by molar-refractivity contribution is -0.134. The highest BCUT2D eigenvalue weighted by Crippen LogP contribution is 2.32. The van der Waals surface area contributed by atoms with Crippen LogP contribution in [0.2, 0.25) is 0 Å². The molecule has 4 rings (SSSR count). The van der Waals surface area contributed by atoms with Crippen LogP contribution in [-0.4, -0.2) is 65.9 Å². The molecule has 0 bridgehead atoms. The van der Waals surface area contributed by atoms with E-state index in [2.05, 4.69) is 15.5 Å². The van der Waals surface area contributed by atoms with Crippen LogP contribution in [0.1, 0.15) is 43.7 Å². The summed E-state index contributed by atoms with van der Waals surface area (Å²) in [5, 5.41) is 6.42. The lowest BCUT2D eigenvalue weighted by atomic mass is 9.87. The molecular formula is C22H31FN4O2. The first-order valence-corrected chi connectivity index (χ1v) is 10.7. The molecule has 0 radical (unpaired) electrons. The SMILES string of the molecule is CC(=O)N(C)C1CN([C@H]2CCC[C@@H](NC(=O)C3Cc4c(F)ccc(C)c4N3)C2)C1. The second-order valence-corrected chi connectivity index (χ2v) is 8.88. The Morgan fingerprint density at radius 2 is 2.03 bits per heavy atom. The number of aryl methyl sites for hydroxylation is 1. The highest BCUT2D eigenvalue weighted by Gasteiger charge is 2.38. The van der Waals surface area contributed by atoms with Crippen LogP contribution >= 0.6 is 0 Å². The van der Waals surface area contributed by atoms with Crippen LogP contribution in [0.15, 0.2) is 12.1 Å². The van der Waals surface area contributed by atoms with E-state index in [1.165, 1.54) is 6.07 Å². The number of fused-ring (bicyclic) bond motifs is 1. The predicted octanol–water partition coefficient (Wildman–Crippen LogP) is 2.06. The van der Waals surface area contributed by atoms with Crippen molar-refractivity contribution in [3.63, 3.8) is 0 Å². The van der Waals surface area contributed by atoms with Crippen molar-refractivity contribution in [2.45, 2.75) is 70.1 Å². The summed E-state index contributed by atoms with van der Waals surface area (Å²) >= 11 is 0. The van der Waals surface area contributed by atoms with Crippen molar-refractivity contribution in [3.8, 4) is 0 Å². The third-order valence-electron chi connectivity index (χ3n) is 6.95. The van der Waals surface area contributed by atoms with Gasteiger partial charge in [0, 0.05) is 56.8 Å². The Hall–Kier alpha value is -2.15. The van der Waals surface area contributed by atoms with E-state index in [0.717, 1.165) is 50.0 Å². The van der Waals surface area contributed by atoms with Gasteiger partial charge in [-0.25, -0.2) is 4.39 Å². The number of carbonyl (C=O) groups is 2. The zero-order chi connectivity index (χ0) is 20.7. The first kappa shape index (κ1) is 20.1. The third-order valence-corrected chi connectivity index (χ3v) is 6.95. The predicted molar refractivity (Wildman–Crippen MR) is 110 cm³/mol. The summed E-state index contributed by atoms with van der Waals surface area (Å²) < 4.78 is 14.1. The van der Waals surface area contributed by atoms with Crippen molar-refractivity contribution < 1.29 is 14.0 Å². The van der Waals surface area contributed by atoms with Gasteiger partial charge in [0.15, 0.2) is 0 Å². The Morgan fingerprint density at radius 3 is 2.72 bits per heavy atom. The van der Waals surface area contributed by atoms with Crippen molar-refractivity contribution in [3.05, 3.63) is 29.1 Å². The number of benzene rings is 1. The van der Waals surface area contributed by atoms with Crippen LogP contribution in [-0.2, 0) is 16.0 Å². The van der Waals surface area contributed by atoms with Crippen molar-refractivity contribution in [1.82, 2.24) is 15.1 Å². The number of anilines is 1. The van der Waals surface area contributed by atoms with Crippen LogP contribution in [0, 0.1) is 12.7 Å². The summed E-state index contributed by atoms with van der Waals surface area (Å²) in [5.74, 6) is -0.169. The van der Waals surface area contributed by atoms with Crippen LogP contribution < -0.4 is 10.6 Å². The van der Waals surface area contributed by atoms with E-state index < -0.39 is 6.04 Å². The molecule has 1 aromatic rings. The minimum absolute atomic E-state index is 0.0385. The molecule has 2 N–H and O–H groups in total. The quantitative estimate of drug-likeness (QED) is 0.809. The number of hydrogen-bond acceptors (Lipinski definition) is 4. The summed E-state index contributed by atoms with van der Waals surface area (Å²) in [6.07, 6.45) is 4.55. The lowest BCUT2D eigenvalue weighted by Gasteiger charge is -2.49. The van der Waals surface area contributed by atoms with Crippen molar-refractivity contribution >= 4 is 17.5 Å². The minimum Gasteiger partial charge on any atom is -0.373 e. The zero-order valence-corrected chi connectivity index (χ0v) is 17.5. The number of carbonyl (C=O) groups excluding carboxylic acids is 2. The van der Waals surface area contributed by atoms with Gasteiger partial charge in [0.25, 0.3) is 0 Å². The van der Waals surface area contributed by atoms with Crippen molar-refractivity contribution in [1.29, 1.82) is 0 Å². The zero-order valence-electron chi connectivity index (χ0n) is 17.5. The average Bonchev–Trinajstić information content (AvgIpc) is 3.11. The van der Waals surface area contributed by atoms with Gasteiger partial charge in [-0.3, -0.25) is 14.5 Å². The number of halogens is 1. The molecule has 0 spiro atoms. The second kappa shape index (κ2) is 7.94. The molecule has 29 heavy (non-hydrogen) atoms. The van der Waals surface area contributed by atoms with Gasteiger partial charge in [0.1, 0.15) is 11.9 Å². The topological polar surface area (TPSA) is 64.7 Å². The van der Waals surface area contributed by atoms with E-state index in [1.54, 1.807) is 13.0 Å². The van der Waals surface area contributed by atoms with Gasteiger partial charge in [0.05, 0.1) is 6.04 Å². The summed E-state index contributed by atoms with van der Waals surface area (Å²) in [5.41, 5.74) is 2.36. The molecule has 1 aliphatic carbocycles. The number of rotatable bonds is 4. The fraction of sp³-hybridized carbons (Fsp3) is 0.636. The van der Waals surface area contributed by atoms with Gasteiger partial charge in [-0.2, -0.15) is 0 Å². The van der Waals surface area contributed by atoms with Gasteiger partial charge in [-0.1, -0.05) is 6.07 Å². The summed E-state index contributed by atoms with van der Waals surface area (Å²) in [7, 11) is 1.87. The number of amides is 2. The summed E-state index contributed by atoms with van der Waals surface area (Å²) in [6, 6.07) is 3.74. The first-order valence-electron chi connectivity index (χ1n) is 10.7. The van der Waals surface area contributed by atoms with Gasteiger partial charge < -0.3 is 15.5 Å². The van der Waals surface area contributed by atoms with E-state index in [1.807, 2.05) is 18.9 Å². The molecule has 3 aliphatic rings. The van der Waals surface area contributed by atoms with Gasteiger partial charge in [-0.05, 0) is 44.2 Å². The van der Waals surface area contributed by atoms with Gasteiger partial charge in [-0.15, -0.1) is 0 Å². The Morgan fingerprint density at radius 1 is 1.28 bits per heavy atom. The Kier molecular flexibility index (Phi) is 5.51. The van der Waals surface area contributed by atoms with Crippen molar-refractivity contribution in [2.24, 2.45) is 0 Å². The number of nitrogens with one attached hydrogen (secondary N) is 2. The number of hydrogen-bond donors (Lipinski definition) is 2. The number of likely N-dealkylation sites (tertiary alicyclic amines) is 1. The smallest absolute Gasteiger partial charge is 0.243 e. The normalized spacial score (nSPS) is 27.0. The number of likely N-dealkylation sites (N-methyl/N-ethyl adjacent to an activating group) is 1. The molecule has 2 fully saturated rings. The molecule has 158 valence electrons. The fourth-order valence-corrected chi connectivity index (χ4v) is 4.94. The molecule has 6 nitrogen and oxygen atoms in total. The summed E-state index contributed by atoms with van der Waals surface area (Å²) in [4.78, 5) is 28.6. The molecule has 3 atom stereocenters. The maximum Gasteiger partial charge on any atom is 0.243 e. The lowest BCUT2D eigenvalue weighted by Crippen LogP contribution is -2.63. The molecule has 2 aliphatic heterocycles. The van der Waals surface area contributed by atoms with E-state index >= 15 is 0 Å². The number of nitrogens with zero attached hydrogens (tertiary/aromatic N) is 2. The Labute approximate surface area is 171 Å². The van der Waals surface area contributed by atoms with Gasteiger partial charge >= 0.3 is 0 Å². The Balaban J connectivity index is 1.29. The third kappa shape index (κ3) is 3.97. The first-order chi connectivity index (χ1) is 13.8. The summed E-state index contributed by atoms with van der Waals surface area (Å²) in [6.45, 7) is 5.37. The van der Waals surface area contributed by atoms with E-state index in [0.29, 0.717) is 24.1 Å². The second-order valence-electron chi connectivity index (χ2n) is 8.88. The van der Waals surface area contributed by atoms with Crippen LogP contribution in [0.3, 0.4) is 0 Å². The van der Waals surface area contributed by atoms with Gasteiger partial charge in [0.2, 0.25) is 11.8 Å². The van der Waals surface area contributed by atoms with E-state index in [4.69, 9.17) is 0 Å². The van der Waals surface area contributed by atoms with E-state index in [-0.39, 0.29) is 23.7 Å². The van der Waals surface area contributed by atoms with Crippen LogP contribution in [0.4, 0.5) is 10.1 Å². The molecule has 1 saturated carbocycles. The maximum atomic E-state index is 14.1. The van der Waals surface area contributed by atoms with E-state index in [9.17, 15) is 14.0 Å². The molecule has 1 saturated heterocycles. The van der Waals surface area contributed by atoms with Crippen LogP contribution in [0.25, 0.3) is 0 Å². The molecule has 2 heterocycles. The average molecular weight is 403 g/mol. The molecular weight excluding hydrogens is 371 g/mol. The fourth-order valence-electron chi connectivity index (χ4n) is 4.94.